The Morgan fingerprint density at radius 2 is 2.06 bits per heavy atom. The van der Waals surface area contributed by atoms with Crippen molar-refractivity contribution in [2.45, 2.75) is 51.8 Å². The summed E-state index contributed by atoms with van der Waals surface area (Å²) in [6.45, 7) is 9.39. The third kappa shape index (κ3) is 2.72. The zero-order valence-corrected chi connectivity index (χ0v) is 11.1. The number of ether oxygens (including phenoxy) is 1. The molecule has 0 aromatic heterocycles. The van der Waals surface area contributed by atoms with Crippen molar-refractivity contribution in [2.24, 2.45) is 5.92 Å². The average molecular weight is 241 g/mol. The second kappa shape index (κ2) is 4.46. The number of amides is 1. The lowest BCUT2D eigenvalue weighted by Gasteiger charge is -2.25. The van der Waals surface area contributed by atoms with Gasteiger partial charge in [-0.25, -0.2) is 4.79 Å². The first-order valence-corrected chi connectivity index (χ1v) is 6.39. The fraction of sp³-hybridized carbons (Fsp3) is 0.917. The van der Waals surface area contributed by atoms with E-state index in [-0.39, 0.29) is 6.09 Å². The van der Waals surface area contributed by atoms with Crippen LogP contribution in [0.15, 0.2) is 0 Å². The molecule has 3 atom stereocenters. The van der Waals surface area contributed by atoms with Crippen LogP contribution in [0.1, 0.15) is 34.1 Å². The van der Waals surface area contributed by atoms with Crippen LogP contribution in [0.3, 0.4) is 0 Å². The average Bonchev–Trinajstić information content (AvgIpc) is 2.72. The number of nitrogens with zero attached hydrogens (tertiary/aromatic N) is 1. The maximum atomic E-state index is 11.9. The third-order valence-electron chi connectivity index (χ3n) is 3.43. The predicted octanol–water partition coefficient (Wildman–Crippen LogP) is 1.11. The lowest BCUT2D eigenvalue weighted by atomic mass is 9.96. The number of carbonyl (C=O) groups excluding carboxylic acids is 1. The molecule has 0 radical (unpaired) electrons. The van der Waals surface area contributed by atoms with Gasteiger partial charge >= 0.3 is 6.09 Å². The third-order valence-corrected chi connectivity index (χ3v) is 3.43. The Morgan fingerprint density at radius 3 is 2.65 bits per heavy atom. The zero-order chi connectivity index (χ0) is 12.6. The molecule has 5 heteroatoms. The van der Waals surface area contributed by atoms with Crippen molar-refractivity contribution in [3.05, 3.63) is 0 Å². The number of hydrazine groups is 1. The molecule has 98 valence electrons. The van der Waals surface area contributed by atoms with Crippen molar-refractivity contribution in [2.75, 3.05) is 13.1 Å². The lowest BCUT2D eigenvalue weighted by molar-refractivity contribution is 0.0278. The summed E-state index contributed by atoms with van der Waals surface area (Å²) in [6, 6.07) is 0.833. The van der Waals surface area contributed by atoms with Crippen LogP contribution >= 0.6 is 0 Å². The number of hydrogen-bond acceptors (Lipinski definition) is 4. The van der Waals surface area contributed by atoms with Crippen molar-refractivity contribution in [3.8, 4) is 0 Å². The van der Waals surface area contributed by atoms with Crippen molar-refractivity contribution in [1.82, 2.24) is 15.8 Å². The van der Waals surface area contributed by atoms with E-state index in [4.69, 9.17) is 4.74 Å². The summed E-state index contributed by atoms with van der Waals surface area (Å²) in [7, 11) is 0. The van der Waals surface area contributed by atoms with E-state index in [0.29, 0.717) is 18.0 Å². The summed E-state index contributed by atoms with van der Waals surface area (Å²) in [6.07, 6.45) is 0.889. The van der Waals surface area contributed by atoms with Crippen LogP contribution in [-0.2, 0) is 4.74 Å². The molecular formula is C12H23N3O2. The Kier molecular flexibility index (Phi) is 3.32. The van der Waals surface area contributed by atoms with Gasteiger partial charge in [-0.1, -0.05) is 6.92 Å². The van der Waals surface area contributed by atoms with Gasteiger partial charge < -0.3 is 9.64 Å². The van der Waals surface area contributed by atoms with E-state index in [2.05, 4.69) is 17.8 Å². The Morgan fingerprint density at radius 1 is 1.35 bits per heavy atom. The molecule has 2 aliphatic heterocycles. The summed E-state index contributed by atoms with van der Waals surface area (Å²) in [5.74, 6) is 0.507. The number of likely N-dealkylation sites (tertiary alicyclic amines) is 1. The molecule has 0 aliphatic carbocycles. The molecule has 0 saturated carbocycles. The lowest BCUT2D eigenvalue weighted by Crippen LogP contribution is -2.42. The van der Waals surface area contributed by atoms with E-state index < -0.39 is 5.60 Å². The van der Waals surface area contributed by atoms with Crippen molar-refractivity contribution < 1.29 is 9.53 Å². The van der Waals surface area contributed by atoms with Gasteiger partial charge in [0.15, 0.2) is 0 Å². The summed E-state index contributed by atoms with van der Waals surface area (Å²) in [5.41, 5.74) is 6.14. The molecular weight excluding hydrogens is 218 g/mol. The van der Waals surface area contributed by atoms with Crippen molar-refractivity contribution in [3.63, 3.8) is 0 Å². The van der Waals surface area contributed by atoms with E-state index in [9.17, 15) is 4.79 Å². The second-order valence-electron chi connectivity index (χ2n) is 5.96. The monoisotopic (exact) mass is 241 g/mol. The maximum Gasteiger partial charge on any atom is 0.410 e. The molecule has 2 rings (SSSR count). The minimum Gasteiger partial charge on any atom is -0.444 e. The Balaban J connectivity index is 1.92. The van der Waals surface area contributed by atoms with Crippen LogP contribution < -0.4 is 10.9 Å². The molecule has 2 fully saturated rings. The number of carbonyl (C=O) groups is 1. The van der Waals surface area contributed by atoms with E-state index in [1.165, 1.54) is 0 Å². The first-order valence-electron chi connectivity index (χ1n) is 6.39. The number of fused-ring (bicyclic) bond motifs is 1. The highest BCUT2D eigenvalue weighted by atomic mass is 16.6. The highest BCUT2D eigenvalue weighted by molar-refractivity contribution is 5.68. The van der Waals surface area contributed by atoms with Crippen LogP contribution in [0.2, 0.25) is 0 Å². The topological polar surface area (TPSA) is 53.6 Å². The van der Waals surface area contributed by atoms with Gasteiger partial charge in [-0.15, -0.1) is 0 Å². The molecule has 0 aromatic carbocycles. The Hall–Kier alpha value is -0.810. The predicted molar refractivity (Wildman–Crippen MR) is 65.4 cm³/mol. The molecule has 0 bridgehead atoms. The highest BCUT2D eigenvalue weighted by Crippen LogP contribution is 2.26. The molecule has 2 saturated heterocycles. The fourth-order valence-electron chi connectivity index (χ4n) is 2.59. The molecule has 2 N–H and O–H groups in total. The number of nitrogens with one attached hydrogen (secondary N) is 2. The van der Waals surface area contributed by atoms with E-state index in [1.54, 1.807) is 0 Å². The van der Waals surface area contributed by atoms with E-state index in [1.807, 2.05) is 25.7 Å². The smallest absolute Gasteiger partial charge is 0.410 e. The first kappa shape index (κ1) is 12.6. The summed E-state index contributed by atoms with van der Waals surface area (Å²) in [5, 5.41) is 0. The fourth-order valence-corrected chi connectivity index (χ4v) is 2.59. The van der Waals surface area contributed by atoms with E-state index in [0.717, 1.165) is 19.5 Å². The zero-order valence-electron chi connectivity index (χ0n) is 11.1. The first-order chi connectivity index (χ1) is 7.90. The summed E-state index contributed by atoms with van der Waals surface area (Å²) < 4.78 is 5.39. The maximum absolute atomic E-state index is 11.9. The molecule has 3 unspecified atom stereocenters. The molecule has 0 aromatic rings. The standard InChI is InChI=1S/C12H23N3O2/c1-5-9-8-6-15(7-10(8)14-13-9)11(16)17-12(2,3)4/h8-10,13-14H,5-7H2,1-4H3. The van der Waals surface area contributed by atoms with Crippen molar-refractivity contribution in [1.29, 1.82) is 0 Å². The SMILES string of the molecule is CCC1NNC2CN(C(=O)OC(C)(C)C)CC12. The Bertz CT molecular complexity index is 301. The number of rotatable bonds is 1. The molecule has 2 aliphatic rings. The van der Waals surface area contributed by atoms with Gasteiger partial charge in [0.2, 0.25) is 0 Å². The molecule has 0 spiro atoms. The van der Waals surface area contributed by atoms with Gasteiger partial charge in [-0.05, 0) is 27.2 Å². The van der Waals surface area contributed by atoms with Crippen LogP contribution in [0.5, 0.6) is 0 Å². The van der Waals surface area contributed by atoms with E-state index >= 15 is 0 Å². The van der Waals surface area contributed by atoms with Gasteiger partial charge in [0, 0.05) is 31.1 Å². The molecule has 5 nitrogen and oxygen atoms in total. The Labute approximate surface area is 103 Å². The van der Waals surface area contributed by atoms with Crippen LogP contribution in [0.25, 0.3) is 0 Å². The molecule has 1 amide bonds. The largest absolute Gasteiger partial charge is 0.444 e. The minimum absolute atomic E-state index is 0.191. The molecule has 2 heterocycles. The highest BCUT2D eigenvalue weighted by Gasteiger charge is 2.44. The van der Waals surface area contributed by atoms with Crippen LogP contribution in [0, 0.1) is 5.92 Å². The second-order valence-corrected chi connectivity index (χ2v) is 5.96. The minimum atomic E-state index is -0.412. The van der Waals surface area contributed by atoms with Gasteiger partial charge in [0.05, 0.1) is 0 Å². The van der Waals surface area contributed by atoms with Crippen LogP contribution in [-0.4, -0.2) is 41.8 Å². The molecule has 17 heavy (non-hydrogen) atoms. The quantitative estimate of drug-likeness (QED) is 0.722. The van der Waals surface area contributed by atoms with Crippen LogP contribution in [0.4, 0.5) is 4.79 Å². The van der Waals surface area contributed by atoms with Gasteiger partial charge in [0.1, 0.15) is 5.60 Å². The van der Waals surface area contributed by atoms with Gasteiger partial charge in [-0.3, -0.25) is 10.9 Å². The summed E-state index contributed by atoms with van der Waals surface area (Å²) in [4.78, 5) is 13.8. The van der Waals surface area contributed by atoms with Gasteiger partial charge in [0.25, 0.3) is 0 Å². The van der Waals surface area contributed by atoms with Crippen molar-refractivity contribution >= 4 is 6.09 Å². The normalized spacial score (nSPS) is 32.7. The summed E-state index contributed by atoms with van der Waals surface area (Å²) >= 11 is 0. The number of hydrogen-bond donors (Lipinski definition) is 2. The van der Waals surface area contributed by atoms with Gasteiger partial charge in [-0.2, -0.15) is 0 Å².